The molecule has 0 amide bonds. The van der Waals surface area contributed by atoms with E-state index in [4.69, 9.17) is 23.7 Å². The molecule has 75 heavy (non-hydrogen) atoms. The molecule has 3 N–H and O–H groups in total. The molecule has 0 bridgehead atoms. The number of aliphatic hydroxyl groups is 2. The zero-order valence-corrected chi connectivity index (χ0v) is 47.5. The van der Waals surface area contributed by atoms with Crippen LogP contribution in [0.25, 0.3) is 0 Å². The molecule has 6 atom stereocenters. The van der Waals surface area contributed by atoms with Crippen molar-refractivity contribution in [2.75, 3.05) is 13.2 Å². The van der Waals surface area contributed by atoms with E-state index in [1.54, 1.807) is 0 Å². The zero-order valence-electron chi connectivity index (χ0n) is 47.5. The fourth-order valence-electron chi connectivity index (χ4n) is 8.93. The number of esters is 3. The average molecular weight is 1060 g/mol. The lowest BCUT2D eigenvalue weighted by Crippen LogP contribution is -2.61. The van der Waals surface area contributed by atoms with E-state index in [0.717, 1.165) is 116 Å². The summed E-state index contributed by atoms with van der Waals surface area (Å²) in [6.07, 6.45) is 50.5. The summed E-state index contributed by atoms with van der Waals surface area (Å²) in [6, 6.07) is 0. The third-order valence-corrected chi connectivity index (χ3v) is 13.6. The number of allylic oxidation sites excluding steroid dienone is 10. The maximum Gasteiger partial charge on any atom is 0.335 e. The Bertz CT molecular complexity index is 1540. The number of aliphatic hydroxyl groups excluding tert-OH is 2. The Kier molecular flexibility index (Phi) is 47.4. The number of hydrogen-bond donors (Lipinski definition) is 3. The van der Waals surface area contributed by atoms with Crippen LogP contribution in [0.15, 0.2) is 60.8 Å². The Morgan fingerprint density at radius 1 is 0.453 bits per heavy atom. The fourth-order valence-corrected chi connectivity index (χ4v) is 8.93. The molecule has 0 aromatic heterocycles. The molecule has 432 valence electrons. The van der Waals surface area contributed by atoms with Crippen LogP contribution in [0.4, 0.5) is 0 Å². The number of carbonyl (C=O) groups excluding carboxylic acids is 3. The maximum atomic E-state index is 13.1. The van der Waals surface area contributed by atoms with Gasteiger partial charge in [0.05, 0.1) is 6.61 Å². The summed E-state index contributed by atoms with van der Waals surface area (Å²) in [4.78, 5) is 51.1. The second-order valence-corrected chi connectivity index (χ2v) is 20.6. The Balaban J connectivity index is 2.67. The van der Waals surface area contributed by atoms with Crippen LogP contribution in [0.3, 0.4) is 0 Å². The first kappa shape index (κ1) is 69.4. The Morgan fingerprint density at radius 2 is 0.853 bits per heavy atom. The van der Waals surface area contributed by atoms with Gasteiger partial charge in [-0.1, -0.05) is 229 Å². The van der Waals surface area contributed by atoms with E-state index >= 15 is 0 Å². The highest BCUT2D eigenvalue weighted by Crippen LogP contribution is 2.26. The Morgan fingerprint density at radius 3 is 1.33 bits per heavy atom. The van der Waals surface area contributed by atoms with Gasteiger partial charge in [-0.25, -0.2) is 4.79 Å². The van der Waals surface area contributed by atoms with E-state index in [2.05, 4.69) is 81.5 Å². The number of ether oxygens (including phenoxy) is 5. The van der Waals surface area contributed by atoms with E-state index in [9.17, 15) is 34.5 Å². The molecular formula is C63H108O12. The van der Waals surface area contributed by atoms with Crippen LogP contribution in [-0.4, -0.2) is 89.2 Å². The highest BCUT2D eigenvalue weighted by atomic mass is 16.7. The van der Waals surface area contributed by atoms with Gasteiger partial charge in [0.15, 0.2) is 24.6 Å². The van der Waals surface area contributed by atoms with Gasteiger partial charge in [0, 0.05) is 19.3 Å². The first-order valence-electron chi connectivity index (χ1n) is 30.3. The second kappa shape index (κ2) is 51.2. The first-order valence-corrected chi connectivity index (χ1v) is 30.3. The minimum Gasteiger partial charge on any atom is -0.479 e. The van der Waals surface area contributed by atoms with E-state index in [1.807, 2.05) is 0 Å². The number of carboxylic acid groups (broad SMARTS) is 1. The molecule has 1 aliphatic rings. The second-order valence-electron chi connectivity index (χ2n) is 20.6. The molecule has 1 rings (SSSR count). The summed E-state index contributed by atoms with van der Waals surface area (Å²) in [7, 11) is 0. The van der Waals surface area contributed by atoms with Crippen molar-refractivity contribution < 1.29 is 58.2 Å². The lowest BCUT2D eigenvalue weighted by molar-refractivity contribution is -0.301. The summed E-state index contributed by atoms with van der Waals surface area (Å²) in [6.45, 7) is 5.83. The molecule has 12 heteroatoms. The molecule has 0 aromatic rings. The van der Waals surface area contributed by atoms with Crippen molar-refractivity contribution in [3.05, 3.63) is 60.8 Å². The molecule has 1 fully saturated rings. The molecule has 1 aliphatic heterocycles. The van der Waals surface area contributed by atoms with Gasteiger partial charge >= 0.3 is 23.9 Å². The van der Waals surface area contributed by atoms with Crippen molar-refractivity contribution in [1.29, 1.82) is 0 Å². The summed E-state index contributed by atoms with van der Waals surface area (Å²) >= 11 is 0. The molecule has 1 saturated heterocycles. The first-order chi connectivity index (χ1) is 36.6. The number of rotatable bonds is 51. The average Bonchev–Trinajstić information content (AvgIpc) is 3.39. The number of hydrogen-bond acceptors (Lipinski definition) is 11. The molecule has 0 aromatic carbocycles. The summed E-state index contributed by atoms with van der Waals surface area (Å²) < 4.78 is 28.4. The van der Waals surface area contributed by atoms with Gasteiger partial charge in [-0.2, -0.15) is 0 Å². The van der Waals surface area contributed by atoms with Crippen molar-refractivity contribution >= 4 is 23.9 Å². The largest absolute Gasteiger partial charge is 0.479 e. The molecule has 0 saturated carbocycles. The fraction of sp³-hybridized carbons (Fsp3) is 0.778. The monoisotopic (exact) mass is 1060 g/mol. The van der Waals surface area contributed by atoms with Gasteiger partial charge in [-0.15, -0.1) is 0 Å². The van der Waals surface area contributed by atoms with Crippen LogP contribution < -0.4 is 0 Å². The predicted molar refractivity (Wildman–Crippen MR) is 303 cm³/mol. The van der Waals surface area contributed by atoms with E-state index < -0.39 is 67.3 Å². The van der Waals surface area contributed by atoms with Gasteiger partial charge < -0.3 is 39.0 Å². The van der Waals surface area contributed by atoms with E-state index in [1.165, 1.54) is 89.9 Å². The van der Waals surface area contributed by atoms with Gasteiger partial charge in [0.2, 0.25) is 0 Å². The number of unbranched alkanes of at least 4 members (excludes halogenated alkanes) is 27. The summed E-state index contributed by atoms with van der Waals surface area (Å²) in [5.74, 6) is -3.15. The van der Waals surface area contributed by atoms with Crippen molar-refractivity contribution in [2.45, 2.75) is 302 Å². The predicted octanol–water partition coefficient (Wildman–Crippen LogP) is 15.6. The molecule has 0 radical (unpaired) electrons. The smallest absolute Gasteiger partial charge is 0.335 e. The third kappa shape index (κ3) is 41.2. The molecule has 0 aliphatic carbocycles. The van der Waals surface area contributed by atoms with Crippen LogP contribution in [0, 0.1) is 0 Å². The van der Waals surface area contributed by atoms with Crippen LogP contribution in [-0.2, 0) is 42.9 Å². The van der Waals surface area contributed by atoms with Gasteiger partial charge in [0.1, 0.15) is 18.8 Å². The maximum absolute atomic E-state index is 13.1. The lowest BCUT2D eigenvalue weighted by Gasteiger charge is -2.40. The van der Waals surface area contributed by atoms with Crippen LogP contribution in [0.5, 0.6) is 0 Å². The summed E-state index contributed by atoms with van der Waals surface area (Å²) in [5.41, 5.74) is 0. The number of carboxylic acids is 1. The van der Waals surface area contributed by atoms with Crippen molar-refractivity contribution in [3.8, 4) is 0 Å². The highest BCUT2D eigenvalue weighted by molar-refractivity contribution is 5.74. The SMILES string of the molecule is CC/C=C\C/C=C\C/C=C\C/C=C\CCCCCCC(=O)OCC(COC1OC(C(=O)O)C(O)C(O)C1OC(=O)CCCCCCCCCCCCCCCCCCC)OC(=O)CCCCCCC/C=C\CCCC. The van der Waals surface area contributed by atoms with Crippen LogP contribution in [0.2, 0.25) is 0 Å². The molecule has 1 heterocycles. The quantitative estimate of drug-likeness (QED) is 0.0228. The standard InChI is InChI=1S/C63H108O12/c1-4-7-10-13-16-19-22-24-26-28-30-32-35-37-40-43-46-49-55(64)71-52-54(73-56(65)50-47-44-41-38-34-21-18-15-12-9-6-3)53-72-63-61(59(68)58(67)60(75-63)62(69)70)74-57(66)51-48-45-42-39-36-33-31-29-27-25-23-20-17-14-11-8-5-2/h7,10,15-16,18-19,24,26,30,32,54,58-61,63,67-68H,4-6,8-9,11-14,17,20-23,25,27-29,31,33-53H2,1-3H3,(H,69,70)/b10-7-,18-15-,19-16-,26-24-,32-30-. The molecular weight excluding hydrogens is 949 g/mol. The minimum atomic E-state index is -1.91. The van der Waals surface area contributed by atoms with Crippen LogP contribution >= 0.6 is 0 Å². The van der Waals surface area contributed by atoms with Crippen molar-refractivity contribution in [3.63, 3.8) is 0 Å². The van der Waals surface area contributed by atoms with Gasteiger partial charge in [0.25, 0.3) is 0 Å². The number of aliphatic carboxylic acids is 1. The normalized spacial score (nSPS) is 18.5. The number of carbonyl (C=O) groups is 4. The summed E-state index contributed by atoms with van der Waals surface area (Å²) in [5, 5.41) is 31.5. The van der Waals surface area contributed by atoms with Crippen LogP contribution in [0.1, 0.15) is 265 Å². The molecule has 12 nitrogen and oxygen atoms in total. The molecule has 6 unspecified atom stereocenters. The highest BCUT2D eigenvalue weighted by Gasteiger charge is 2.50. The van der Waals surface area contributed by atoms with E-state index in [-0.39, 0.29) is 25.9 Å². The van der Waals surface area contributed by atoms with Gasteiger partial charge in [-0.3, -0.25) is 14.4 Å². The lowest BCUT2D eigenvalue weighted by atomic mass is 9.98. The minimum absolute atomic E-state index is 0.0601. The van der Waals surface area contributed by atoms with E-state index in [0.29, 0.717) is 19.3 Å². The third-order valence-electron chi connectivity index (χ3n) is 13.6. The van der Waals surface area contributed by atoms with Gasteiger partial charge in [-0.05, 0) is 77.0 Å². The van der Waals surface area contributed by atoms with Crippen molar-refractivity contribution in [1.82, 2.24) is 0 Å². The zero-order chi connectivity index (χ0) is 54.7. The molecule has 0 spiro atoms. The Labute approximate surface area is 456 Å². The Hall–Kier alpha value is -3.58. The topological polar surface area (TPSA) is 175 Å². The van der Waals surface area contributed by atoms with Crippen molar-refractivity contribution in [2.24, 2.45) is 0 Å².